The number of aliphatic imine (C=N–C) groups is 1. The van der Waals surface area contributed by atoms with Gasteiger partial charge in [0.2, 0.25) is 5.91 Å². The monoisotopic (exact) mass is 548 g/mol. The number of benzene rings is 2. The molecule has 208 valence electrons. The number of amides is 1. The van der Waals surface area contributed by atoms with Gasteiger partial charge in [-0.3, -0.25) is 9.79 Å². The standard InChI is InChI=1S/C27H37ClN4O6/c1-35-17-21-24(34)25(37-16-19-9-11-20(28)12-10-19)23(32-22(33)8-5-14-31-27(29)30)26(38-21)36-15-13-18-6-3-2-4-7-18/h2-4,6-7,9-12,21,23-26,34H,5,8,13-17H2,1H3,(H,32,33)(H4,29,30,31)/t21-,23-,24-,25-,26+/m1/s1. The van der Waals surface area contributed by atoms with Gasteiger partial charge in [0, 0.05) is 25.1 Å². The number of hydrogen-bond donors (Lipinski definition) is 4. The molecule has 0 aromatic heterocycles. The minimum absolute atomic E-state index is 0.0269. The molecular formula is C27H37ClN4O6. The molecule has 1 aliphatic heterocycles. The molecule has 11 heteroatoms. The number of nitrogens with zero attached hydrogens (tertiary/aromatic N) is 1. The van der Waals surface area contributed by atoms with Crippen LogP contribution in [0.15, 0.2) is 59.6 Å². The molecule has 1 saturated heterocycles. The summed E-state index contributed by atoms with van der Waals surface area (Å²) < 4.78 is 23.7. The smallest absolute Gasteiger partial charge is 0.220 e. The Labute approximate surface area is 228 Å². The fourth-order valence-corrected chi connectivity index (χ4v) is 4.26. The number of nitrogens with two attached hydrogens (primary N) is 2. The van der Waals surface area contributed by atoms with Crippen LogP contribution in [0.5, 0.6) is 0 Å². The maximum atomic E-state index is 12.9. The van der Waals surface area contributed by atoms with Crippen LogP contribution in [0.3, 0.4) is 0 Å². The average Bonchev–Trinajstić information content (AvgIpc) is 2.90. The van der Waals surface area contributed by atoms with Gasteiger partial charge in [0.25, 0.3) is 0 Å². The van der Waals surface area contributed by atoms with Crippen LogP contribution in [0.25, 0.3) is 0 Å². The molecule has 0 aliphatic carbocycles. The highest BCUT2D eigenvalue weighted by molar-refractivity contribution is 6.30. The van der Waals surface area contributed by atoms with E-state index in [1.807, 2.05) is 42.5 Å². The van der Waals surface area contributed by atoms with Crippen molar-refractivity contribution in [3.8, 4) is 0 Å². The van der Waals surface area contributed by atoms with Crippen LogP contribution < -0.4 is 16.8 Å². The van der Waals surface area contributed by atoms with Crippen molar-refractivity contribution in [3.63, 3.8) is 0 Å². The van der Waals surface area contributed by atoms with Crippen LogP contribution in [0, 0.1) is 0 Å². The van der Waals surface area contributed by atoms with Gasteiger partial charge >= 0.3 is 0 Å². The van der Waals surface area contributed by atoms with Crippen molar-refractivity contribution in [1.82, 2.24) is 5.32 Å². The van der Waals surface area contributed by atoms with E-state index < -0.39 is 30.6 Å². The van der Waals surface area contributed by atoms with Gasteiger partial charge in [-0.1, -0.05) is 54.1 Å². The minimum atomic E-state index is -1.08. The number of hydrogen-bond acceptors (Lipinski definition) is 7. The molecule has 6 N–H and O–H groups in total. The molecule has 5 atom stereocenters. The first-order chi connectivity index (χ1) is 18.4. The Balaban J connectivity index is 1.75. The van der Waals surface area contributed by atoms with E-state index in [0.717, 1.165) is 11.1 Å². The zero-order valence-electron chi connectivity index (χ0n) is 21.5. The van der Waals surface area contributed by atoms with Crippen LogP contribution in [-0.4, -0.2) is 74.5 Å². The van der Waals surface area contributed by atoms with E-state index in [9.17, 15) is 9.90 Å². The van der Waals surface area contributed by atoms with Gasteiger partial charge in [0.1, 0.15) is 24.4 Å². The van der Waals surface area contributed by atoms with Crippen LogP contribution in [0.2, 0.25) is 5.02 Å². The van der Waals surface area contributed by atoms with E-state index in [1.54, 1.807) is 12.1 Å². The fourth-order valence-electron chi connectivity index (χ4n) is 4.13. The number of rotatable bonds is 14. The summed E-state index contributed by atoms with van der Waals surface area (Å²) in [5.41, 5.74) is 12.7. The molecule has 38 heavy (non-hydrogen) atoms. The molecule has 2 aromatic rings. The lowest BCUT2D eigenvalue weighted by Gasteiger charge is -2.44. The molecule has 0 saturated carbocycles. The predicted octanol–water partition coefficient (Wildman–Crippen LogP) is 1.76. The highest BCUT2D eigenvalue weighted by atomic mass is 35.5. The summed E-state index contributed by atoms with van der Waals surface area (Å²) in [6.45, 7) is 0.972. The number of carbonyl (C=O) groups excluding carboxylic acids is 1. The van der Waals surface area contributed by atoms with Crippen molar-refractivity contribution in [2.75, 3.05) is 26.9 Å². The highest BCUT2D eigenvalue weighted by Crippen LogP contribution is 2.26. The third-order valence-electron chi connectivity index (χ3n) is 6.06. The molecule has 0 unspecified atom stereocenters. The maximum absolute atomic E-state index is 12.9. The van der Waals surface area contributed by atoms with Gasteiger partial charge in [-0.2, -0.15) is 0 Å². The number of nitrogens with one attached hydrogen (secondary N) is 1. The van der Waals surface area contributed by atoms with Crippen molar-refractivity contribution >= 4 is 23.5 Å². The molecule has 0 bridgehead atoms. The second-order valence-corrected chi connectivity index (χ2v) is 9.44. The van der Waals surface area contributed by atoms with E-state index in [2.05, 4.69) is 10.3 Å². The van der Waals surface area contributed by atoms with E-state index in [1.165, 1.54) is 7.11 Å². The third-order valence-corrected chi connectivity index (χ3v) is 6.31. The third kappa shape index (κ3) is 9.54. The van der Waals surface area contributed by atoms with Crippen molar-refractivity contribution in [3.05, 3.63) is 70.7 Å². The van der Waals surface area contributed by atoms with Gasteiger partial charge in [-0.05, 0) is 36.1 Å². The lowest BCUT2D eigenvalue weighted by molar-refractivity contribution is -0.279. The fraction of sp³-hybridized carbons (Fsp3) is 0.481. The second kappa shape index (κ2) is 15.6. The lowest BCUT2D eigenvalue weighted by Crippen LogP contribution is -2.65. The first-order valence-corrected chi connectivity index (χ1v) is 12.9. The number of guanidine groups is 1. The van der Waals surface area contributed by atoms with Crippen LogP contribution in [0.1, 0.15) is 24.0 Å². The number of ether oxygens (including phenoxy) is 4. The summed E-state index contributed by atoms with van der Waals surface area (Å²) in [6, 6.07) is 16.3. The minimum Gasteiger partial charge on any atom is -0.388 e. The summed E-state index contributed by atoms with van der Waals surface area (Å²) in [5.74, 6) is -0.292. The van der Waals surface area contributed by atoms with Gasteiger partial charge in [0.05, 0.1) is 19.8 Å². The van der Waals surface area contributed by atoms with Crippen LogP contribution in [-0.2, 0) is 36.8 Å². The molecule has 1 aliphatic rings. The Morgan fingerprint density at radius 1 is 1.11 bits per heavy atom. The Morgan fingerprint density at radius 2 is 1.84 bits per heavy atom. The SMILES string of the molecule is COC[C@H]1O[C@H](OCCc2ccccc2)[C@H](NC(=O)CCCN=C(N)N)[C@@H](OCc2ccc(Cl)cc2)[C@@H]1O. The van der Waals surface area contributed by atoms with Gasteiger partial charge < -0.3 is 40.8 Å². The molecule has 2 aromatic carbocycles. The molecule has 1 amide bonds. The number of halogens is 1. The summed E-state index contributed by atoms with van der Waals surface area (Å²) in [5, 5.41) is 14.7. The van der Waals surface area contributed by atoms with Crippen LogP contribution in [0.4, 0.5) is 0 Å². The Hall–Kier alpha value is -2.73. The van der Waals surface area contributed by atoms with Crippen molar-refractivity contribution < 1.29 is 28.8 Å². The molecule has 0 radical (unpaired) electrons. The number of aliphatic hydroxyl groups is 1. The van der Waals surface area contributed by atoms with E-state index in [-0.39, 0.29) is 31.5 Å². The maximum Gasteiger partial charge on any atom is 0.220 e. The Kier molecular flexibility index (Phi) is 12.3. The van der Waals surface area contributed by atoms with Gasteiger partial charge in [-0.25, -0.2) is 0 Å². The highest BCUT2D eigenvalue weighted by Gasteiger charge is 2.47. The number of aliphatic hydroxyl groups excluding tert-OH is 1. The summed E-state index contributed by atoms with van der Waals surface area (Å²) in [4.78, 5) is 16.8. The molecule has 1 fully saturated rings. The summed E-state index contributed by atoms with van der Waals surface area (Å²) in [7, 11) is 1.52. The van der Waals surface area contributed by atoms with E-state index in [0.29, 0.717) is 31.0 Å². The molecule has 3 rings (SSSR count). The normalized spacial score (nSPS) is 23.1. The van der Waals surface area contributed by atoms with Crippen LogP contribution >= 0.6 is 11.6 Å². The number of carbonyl (C=O) groups is 1. The second-order valence-electron chi connectivity index (χ2n) is 9.00. The zero-order valence-corrected chi connectivity index (χ0v) is 22.3. The summed E-state index contributed by atoms with van der Waals surface area (Å²) in [6.07, 6.45) is -2.24. The van der Waals surface area contributed by atoms with Crippen molar-refractivity contribution in [1.29, 1.82) is 0 Å². The molecule has 0 spiro atoms. The zero-order chi connectivity index (χ0) is 27.3. The summed E-state index contributed by atoms with van der Waals surface area (Å²) >= 11 is 6.00. The van der Waals surface area contributed by atoms with Gasteiger partial charge in [-0.15, -0.1) is 0 Å². The Bertz CT molecular complexity index is 1010. The quantitative estimate of drug-likeness (QED) is 0.158. The topological polar surface area (TPSA) is 151 Å². The molecule has 1 heterocycles. The first kappa shape index (κ1) is 29.8. The molecular weight excluding hydrogens is 512 g/mol. The van der Waals surface area contributed by atoms with E-state index >= 15 is 0 Å². The molecule has 10 nitrogen and oxygen atoms in total. The van der Waals surface area contributed by atoms with Crippen molar-refractivity contribution in [2.45, 2.75) is 56.5 Å². The van der Waals surface area contributed by atoms with E-state index in [4.69, 9.17) is 42.0 Å². The predicted molar refractivity (Wildman–Crippen MR) is 145 cm³/mol. The van der Waals surface area contributed by atoms with Crippen molar-refractivity contribution in [2.24, 2.45) is 16.5 Å². The number of methoxy groups -OCH3 is 1. The first-order valence-electron chi connectivity index (χ1n) is 12.6. The lowest BCUT2D eigenvalue weighted by atomic mass is 9.96. The van der Waals surface area contributed by atoms with Gasteiger partial charge in [0.15, 0.2) is 12.2 Å². The largest absolute Gasteiger partial charge is 0.388 e. The Morgan fingerprint density at radius 3 is 2.53 bits per heavy atom. The average molecular weight is 549 g/mol.